The van der Waals surface area contributed by atoms with Gasteiger partial charge in [-0.15, -0.1) is 16.7 Å². The number of rotatable bonds is 6. The van der Waals surface area contributed by atoms with Crippen LogP contribution in [0.25, 0.3) is 32.6 Å². The van der Waals surface area contributed by atoms with Crippen molar-refractivity contribution >= 4 is 73.5 Å². The van der Waals surface area contributed by atoms with Crippen LogP contribution in [0.3, 0.4) is 0 Å². The first-order chi connectivity index (χ1) is 23.0. The van der Waals surface area contributed by atoms with Gasteiger partial charge in [0, 0.05) is 57.3 Å². The number of hydroxylamine groups is 2. The standard InChI is InChI=1S/C37H34ClN5O5/c1-37(2,3)47-36(46)42(4)48-32-18-31-33(26-11-7-6-10-25(26)32)23(19-38)20-43(31)35(45)30-17-22-15-24(13-14-28(22)41-30)39-34(44)29-16-21-9-5-8-12-27(21)40-29/h5-18,23,40-41H,19-20H2,1-4H3,(H,39,44)/t23-/m1/s1. The van der Waals surface area contributed by atoms with E-state index in [0.29, 0.717) is 40.9 Å². The zero-order valence-electron chi connectivity index (χ0n) is 26.9. The lowest BCUT2D eigenvalue weighted by molar-refractivity contribution is -0.0555. The second-order valence-electron chi connectivity index (χ2n) is 12.9. The molecule has 3 N–H and O–H groups in total. The molecule has 3 amide bonds. The van der Waals surface area contributed by atoms with Crippen molar-refractivity contribution in [3.05, 3.63) is 102 Å². The van der Waals surface area contributed by atoms with E-state index in [1.165, 1.54) is 7.05 Å². The van der Waals surface area contributed by atoms with Crippen LogP contribution in [0, 0.1) is 0 Å². The van der Waals surface area contributed by atoms with Crippen molar-refractivity contribution < 1.29 is 24.0 Å². The number of anilines is 2. The molecule has 0 saturated heterocycles. The number of para-hydroxylation sites is 1. The highest BCUT2D eigenvalue weighted by atomic mass is 35.5. The van der Waals surface area contributed by atoms with E-state index in [2.05, 4.69) is 15.3 Å². The Bertz CT molecular complexity index is 2200. The third-order valence-electron chi connectivity index (χ3n) is 8.33. The number of benzene rings is 4. The second kappa shape index (κ2) is 12.0. The lowest BCUT2D eigenvalue weighted by Crippen LogP contribution is -2.36. The molecule has 6 aromatic rings. The first-order valence-corrected chi connectivity index (χ1v) is 16.1. The van der Waals surface area contributed by atoms with Gasteiger partial charge >= 0.3 is 6.09 Å². The minimum Gasteiger partial charge on any atom is -0.442 e. The Labute approximate surface area is 281 Å². The van der Waals surface area contributed by atoms with E-state index in [1.807, 2.05) is 66.7 Å². The normalized spacial score (nSPS) is 14.4. The number of aromatic nitrogens is 2. The van der Waals surface area contributed by atoms with E-state index in [0.717, 1.165) is 43.2 Å². The maximum Gasteiger partial charge on any atom is 0.443 e. The summed E-state index contributed by atoms with van der Waals surface area (Å²) in [5.41, 5.74) is 3.96. The molecule has 0 spiro atoms. The molecule has 2 aromatic heterocycles. The van der Waals surface area contributed by atoms with Crippen molar-refractivity contribution in [2.45, 2.75) is 32.3 Å². The summed E-state index contributed by atoms with van der Waals surface area (Å²) in [6, 6.07) is 26.2. The zero-order chi connectivity index (χ0) is 33.7. The number of H-pyrrole nitrogens is 2. The first-order valence-electron chi connectivity index (χ1n) is 15.6. The third-order valence-corrected chi connectivity index (χ3v) is 8.70. The number of hydrogen-bond donors (Lipinski definition) is 3. The summed E-state index contributed by atoms with van der Waals surface area (Å²) in [4.78, 5) is 54.0. The number of aromatic amines is 2. The molecule has 0 aliphatic carbocycles. The van der Waals surface area contributed by atoms with Gasteiger partial charge in [0.15, 0.2) is 5.75 Å². The molecule has 0 bridgehead atoms. The molecule has 11 heteroatoms. The Morgan fingerprint density at radius 3 is 2.33 bits per heavy atom. The molecule has 0 saturated carbocycles. The van der Waals surface area contributed by atoms with Crippen molar-refractivity contribution in [2.24, 2.45) is 0 Å². The predicted molar refractivity (Wildman–Crippen MR) is 188 cm³/mol. The molecule has 1 atom stereocenters. The van der Waals surface area contributed by atoms with Crippen molar-refractivity contribution in [1.29, 1.82) is 0 Å². The summed E-state index contributed by atoms with van der Waals surface area (Å²) in [5, 5.41) is 7.38. The number of nitrogens with zero attached hydrogens (tertiary/aromatic N) is 2. The average Bonchev–Trinajstić information content (AvgIpc) is 3.78. The smallest absolute Gasteiger partial charge is 0.442 e. The molecule has 0 unspecified atom stereocenters. The Morgan fingerprint density at radius 2 is 1.58 bits per heavy atom. The van der Waals surface area contributed by atoms with Crippen LogP contribution >= 0.6 is 11.6 Å². The number of fused-ring (bicyclic) bond motifs is 5. The fourth-order valence-electron chi connectivity index (χ4n) is 6.18. The third kappa shape index (κ3) is 5.79. The molecule has 0 radical (unpaired) electrons. The van der Waals surface area contributed by atoms with Gasteiger partial charge in [-0.1, -0.05) is 42.5 Å². The van der Waals surface area contributed by atoms with Crippen LogP contribution in [0.4, 0.5) is 16.2 Å². The van der Waals surface area contributed by atoms with Crippen LogP contribution in [0.15, 0.2) is 84.9 Å². The fraction of sp³-hybridized carbons (Fsp3) is 0.216. The highest BCUT2D eigenvalue weighted by Crippen LogP contribution is 2.46. The molecule has 7 rings (SSSR count). The highest BCUT2D eigenvalue weighted by Gasteiger charge is 2.36. The Hall–Kier alpha value is -5.48. The SMILES string of the molecule is CN(Oc1cc2c(c3ccccc13)[C@H](CCl)CN2C(=O)c1cc2cc(NC(=O)c3cc4ccccc4[nH]3)ccc2[nH]1)C(=O)OC(C)(C)C. The molecule has 244 valence electrons. The Kier molecular flexibility index (Phi) is 7.75. The maximum absolute atomic E-state index is 14.2. The number of hydrogen-bond acceptors (Lipinski definition) is 5. The van der Waals surface area contributed by atoms with Crippen molar-refractivity contribution in [1.82, 2.24) is 15.0 Å². The van der Waals surface area contributed by atoms with E-state index in [-0.39, 0.29) is 17.7 Å². The van der Waals surface area contributed by atoms with Crippen molar-refractivity contribution in [3.8, 4) is 5.75 Å². The van der Waals surface area contributed by atoms with E-state index >= 15 is 0 Å². The minimum atomic E-state index is -0.700. The van der Waals surface area contributed by atoms with Crippen molar-refractivity contribution in [3.63, 3.8) is 0 Å². The Balaban J connectivity index is 1.18. The first kappa shape index (κ1) is 31.1. The van der Waals surface area contributed by atoms with Crippen LogP contribution < -0.4 is 15.1 Å². The lowest BCUT2D eigenvalue weighted by atomic mass is 9.95. The van der Waals surface area contributed by atoms with Gasteiger partial charge in [-0.25, -0.2) is 4.79 Å². The number of nitrogens with one attached hydrogen (secondary N) is 3. The van der Waals surface area contributed by atoms with Crippen molar-refractivity contribution in [2.75, 3.05) is 29.7 Å². The van der Waals surface area contributed by atoms with E-state index in [4.69, 9.17) is 21.2 Å². The van der Waals surface area contributed by atoms with E-state index < -0.39 is 11.7 Å². The van der Waals surface area contributed by atoms with E-state index in [9.17, 15) is 14.4 Å². The summed E-state index contributed by atoms with van der Waals surface area (Å²) >= 11 is 6.49. The summed E-state index contributed by atoms with van der Waals surface area (Å²) in [7, 11) is 1.49. The van der Waals surface area contributed by atoms with Crippen LogP contribution in [0.1, 0.15) is 53.2 Å². The largest absolute Gasteiger partial charge is 0.443 e. The molecule has 3 heterocycles. The number of halogens is 1. The molecular formula is C37H34ClN5O5. The van der Waals surface area contributed by atoms with Crippen LogP contribution in [-0.4, -0.2) is 58.0 Å². The monoisotopic (exact) mass is 663 g/mol. The van der Waals surface area contributed by atoms with Crippen LogP contribution in [0.2, 0.25) is 0 Å². The molecule has 1 aliphatic rings. The zero-order valence-corrected chi connectivity index (χ0v) is 27.6. The van der Waals surface area contributed by atoms with Gasteiger partial charge in [0.25, 0.3) is 11.8 Å². The van der Waals surface area contributed by atoms with Crippen LogP contribution in [-0.2, 0) is 4.74 Å². The van der Waals surface area contributed by atoms with Gasteiger partial charge in [0.1, 0.15) is 17.0 Å². The van der Waals surface area contributed by atoms with Gasteiger partial charge < -0.3 is 29.8 Å². The lowest BCUT2D eigenvalue weighted by Gasteiger charge is -2.25. The number of amides is 3. The van der Waals surface area contributed by atoms with Gasteiger partial charge in [-0.2, -0.15) is 0 Å². The van der Waals surface area contributed by atoms with Crippen LogP contribution in [0.5, 0.6) is 5.75 Å². The fourth-order valence-corrected chi connectivity index (χ4v) is 6.43. The number of carbonyl (C=O) groups is 3. The summed E-state index contributed by atoms with van der Waals surface area (Å²) in [6.45, 7) is 5.72. The number of alkyl halides is 1. The minimum absolute atomic E-state index is 0.121. The summed E-state index contributed by atoms with van der Waals surface area (Å²) in [5.74, 6) is 0.0816. The molecule has 4 aromatic carbocycles. The number of carbonyl (C=O) groups excluding carboxylic acids is 3. The van der Waals surface area contributed by atoms with Gasteiger partial charge in [0.05, 0.1) is 12.7 Å². The van der Waals surface area contributed by atoms with Gasteiger partial charge in [-0.3, -0.25) is 9.59 Å². The quantitative estimate of drug-likeness (QED) is 0.123. The predicted octanol–water partition coefficient (Wildman–Crippen LogP) is 8.20. The topological polar surface area (TPSA) is 120 Å². The average molecular weight is 664 g/mol. The Morgan fingerprint density at radius 1 is 0.896 bits per heavy atom. The van der Waals surface area contributed by atoms with Gasteiger partial charge in [-0.05, 0) is 68.1 Å². The molecule has 1 aliphatic heterocycles. The molecule has 48 heavy (non-hydrogen) atoms. The molecule has 10 nitrogen and oxygen atoms in total. The van der Waals surface area contributed by atoms with E-state index in [1.54, 1.807) is 43.9 Å². The second-order valence-corrected chi connectivity index (χ2v) is 13.2. The summed E-state index contributed by atoms with van der Waals surface area (Å²) in [6.07, 6.45) is -0.645. The molecular weight excluding hydrogens is 630 g/mol. The number of ether oxygens (including phenoxy) is 1. The molecule has 0 fully saturated rings. The maximum atomic E-state index is 14.2. The summed E-state index contributed by atoms with van der Waals surface area (Å²) < 4.78 is 5.47. The highest BCUT2D eigenvalue weighted by molar-refractivity contribution is 6.19. The van der Waals surface area contributed by atoms with Gasteiger partial charge in [0.2, 0.25) is 0 Å².